The molecule has 98 valence electrons. The highest BCUT2D eigenvalue weighted by Crippen LogP contribution is 2.28. The van der Waals surface area contributed by atoms with E-state index in [4.69, 9.17) is 0 Å². The fourth-order valence-corrected chi connectivity index (χ4v) is 1.89. The Morgan fingerprint density at radius 2 is 1.79 bits per heavy atom. The fourth-order valence-electron chi connectivity index (χ4n) is 1.89. The van der Waals surface area contributed by atoms with Gasteiger partial charge < -0.3 is 5.32 Å². The van der Waals surface area contributed by atoms with Crippen LogP contribution >= 0.6 is 0 Å². The summed E-state index contributed by atoms with van der Waals surface area (Å²) < 4.78 is 13.6. The normalized spacial score (nSPS) is 11.9. The molecular weight excluding hydrogens is 247 g/mol. The molecule has 1 unspecified atom stereocenters. The summed E-state index contributed by atoms with van der Waals surface area (Å²) in [5.41, 5.74) is 0.828. The first-order chi connectivity index (χ1) is 9.09. The second kappa shape index (κ2) is 5.48. The van der Waals surface area contributed by atoms with Gasteiger partial charge in [-0.15, -0.1) is 0 Å². The van der Waals surface area contributed by atoms with Crippen molar-refractivity contribution in [3.05, 3.63) is 70.0 Å². The molecule has 0 fully saturated rings. The molecule has 0 amide bonds. The Kier molecular flexibility index (Phi) is 3.75. The van der Waals surface area contributed by atoms with Gasteiger partial charge in [-0.3, -0.25) is 10.1 Å². The van der Waals surface area contributed by atoms with Crippen LogP contribution in [0.5, 0.6) is 0 Å². The molecular formula is C14H13FN2O2. The summed E-state index contributed by atoms with van der Waals surface area (Å²) in [5, 5.41) is 13.9. The second-order valence-corrected chi connectivity index (χ2v) is 4.16. The number of nitrogens with zero attached hydrogens (tertiary/aromatic N) is 1. The van der Waals surface area contributed by atoms with Gasteiger partial charge in [0.1, 0.15) is 11.5 Å². The quantitative estimate of drug-likeness (QED) is 0.669. The molecule has 19 heavy (non-hydrogen) atoms. The molecule has 0 spiro atoms. The standard InChI is InChI=1S/C14H13FN2O2/c1-10(11-6-2-3-7-12(11)15)16-13-8-4-5-9-14(13)17(18)19/h2-10,16H,1H3. The van der Waals surface area contributed by atoms with Crippen LogP contribution in [0.15, 0.2) is 48.5 Å². The summed E-state index contributed by atoms with van der Waals surface area (Å²) in [7, 11) is 0. The lowest BCUT2D eigenvalue weighted by Crippen LogP contribution is -2.09. The molecule has 1 N–H and O–H groups in total. The number of hydrogen-bond acceptors (Lipinski definition) is 3. The zero-order chi connectivity index (χ0) is 13.8. The van der Waals surface area contributed by atoms with Gasteiger partial charge in [0.15, 0.2) is 0 Å². The zero-order valence-corrected chi connectivity index (χ0v) is 10.3. The van der Waals surface area contributed by atoms with Gasteiger partial charge in [-0.2, -0.15) is 0 Å². The van der Waals surface area contributed by atoms with Crippen LogP contribution in [-0.4, -0.2) is 4.92 Å². The SMILES string of the molecule is CC(Nc1ccccc1[N+](=O)[O-])c1ccccc1F. The van der Waals surface area contributed by atoms with E-state index in [1.165, 1.54) is 12.1 Å². The Balaban J connectivity index is 2.27. The topological polar surface area (TPSA) is 55.2 Å². The number of benzene rings is 2. The minimum atomic E-state index is -0.462. The molecule has 0 aliphatic heterocycles. The number of anilines is 1. The number of halogens is 1. The van der Waals surface area contributed by atoms with Gasteiger partial charge in [0.2, 0.25) is 0 Å². The van der Waals surface area contributed by atoms with E-state index in [9.17, 15) is 14.5 Å². The highest BCUT2D eigenvalue weighted by molar-refractivity contribution is 5.62. The summed E-state index contributed by atoms with van der Waals surface area (Å²) in [5.74, 6) is -0.332. The molecule has 0 saturated heterocycles. The Hall–Kier alpha value is -2.43. The van der Waals surface area contributed by atoms with Gasteiger partial charge in [0, 0.05) is 11.6 Å². The average Bonchev–Trinajstić information content (AvgIpc) is 2.39. The van der Waals surface area contributed by atoms with Crippen molar-refractivity contribution in [2.75, 3.05) is 5.32 Å². The smallest absolute Gasteiger partial charge is 0.292 e. The first kappa shape index (κ1) is 13.0. The van der Waals surface area contributed by atoms with E-state index in [1.807, 2.05) is 0 Å². The summed E-state index contributed by atoms with van der Waals surface area (Å²) in [4.78, 5) is 10.4. The number of nitrogens with one attached hydrogen (secondary N) is 1. The van der Waals surface area contributed by atoms with E-state index < -0.39 is 4.92 Å². The molecule has 2 rings (SSSR count). The molecule has 2 aromatic rings. The van der Waals surface area contributed by atoms with Crippen molar-refractivity contribution < 1.29 is 9.31 Å². The molecule has 0 aliphatic rings. The first-order valence-corrected chi connectivity index (χ1v) is 5.84. The van der Waals surface area contributed by atoms with Gasteiger partial charge in [-0.05, 0) is 19.1 Å². The lowest BCUT2D eigenvalue weighted by atomic mass is 10.1. The van der Waals surface area contributed by atoms with E-state index in [0.717, 1.165) is 0 Å². The van der Waals surface area contributed by atoms with Crippen LogP contribution in [0.2, 0.25) is 0 Å². The summed E-state index contributed by atoms with van der Waals surface area (Å²) in [6.07, 6.45) is 0. The largest absolute Gasteiger partial charge is 0.373 e. The fraction of sp³-hybridized carbons (Fsp3) is 0.143. The lowest BCUT2D eigenvalue weighted by molar-refractivity contribution is -0.384. The molecule has 0 saturated carbocycles. The molecule has 2 aromatic carbocycles. The van der Waals surface area contributed by atoms with Crippen LogP contribution in [0.4, 0.5) is 15.8 Å². The van der Waals surface area contributed by atoms with Crippen molar-refractivity contribution in [2.24, 2.45) is 0 Å². The number of hydrogen-bond donors (Lipinski definition) is 1. The zero-order valence-electron chi connectivity index (χ0n) is 10.3. The third kappa shape index (κ3) is 2.88. The molecule has 0 radical (unpaired) electrons. The Morgan fingerprint density at radius 1 is 1.16 bits per heavy atom. The minimum Gasteiger partial charge on any atom is -0.373 e. The van der Waals surface area contributed by atoms with Gasteiger partial charge in [0.05, 0.1) is 11.0 Å². The van der Waals surface area contributed by atoms with E-state index in [0.29, 0.717) is 11.3 Å². The van der Waals surface area contributed by atoms with Crippen molar-refractivity contribution >= 4 is 11.4 Å². The third-order valence-corrected chi connectivity index (χ3v) is 2.84. The maximum atomic E-state index is 13.6. The molecule has 0 bridgehead atoms. The van der Waals surface area contributed by atoms with Gasteiger partial charge in [-0.1, -0.05) is 30.3 Å². The molecule has 5 heteroatoms. The summed E-state index contributed by atoms with van der Waals surface area (Å²) >= 11 is 0. The third-order valence-electron chi connectivity index (χ3n) is 2.84. The summed E-state index contributed by atoms with van der Waals surface area (Å²) in [6, 6.07) is 12.3. The van der Waals surface area contributed by atoms with Crippen molar-refractivity contribution in [3.8, 4) is 0 Å². The molecule has 1 atom stereocenters. The highest BCUT2D eigenvalue weighted by Gasteiger charge is 2.16. The van der Waals surface area contributed by atoms with Crippen molar-refractivity contribution in [1.29, 1.82) is 0 Å². The van der Waals surface area contributed by atoms with Crippen LogP contribution in [0, 0.1) is 15.9 Å². The highest BCUT2D eigenvalue weighted by atomic mass is 19.1. The summed E-state index contributed by atoms with van der Waals surface area (Å²) in [6.45, 7) is 1.76. The number of nitro benzene ring substituents is 1. The van der Waals surface area contributed by atoms with E-state index in [2.05, 4.69) is 5.32 Å². The number of nitro groups is 1. The Morgan fingerprint density at radius 3 is 2.47 bits per heavy atom. The number of para-hydroxylation sites is 2. The van der Waals surface area contributed by atoms with Crippen LogP contribution < -0.4 is 5.32 Å². The van der Waals surface area contributed by atoms with E-state index in [-0.39, 0.29) is 17.5 Å². The van der Waals surface area contributed by atoms with Crippen LogP contribution in [0.25, 0.3) is 0 Å². The second-order valence-electron chi connectivity index (χ2n) is 4.16. The van der Waals surface area contributed by atoms with Gasteiger partial charge in [0.25, 0.3) is 5.69 Å². The number of rotatable bonds is 4. The minimum absolute atomic E-state index is 0.0225. The van der Waals surface area contributed by atoms with Crippen LogP contribution in [0.1, 0.15) is 18.5 Å². The van der Waals surface area contributed by atoms with Crippen molar-refractivity contribution in [2.45, 2.75) is 13.0 Å². The lowest BCUT2D eigenvalue weighted by Gasteiger charge is -2.16. The molecule has 0 heterocycles. The van der Waals surface area contributed by atoms with Gasteiger partial charge in [-0.25, -0.2) is 4.39 Å². The monoisotopic (exact) mass is 260 g/mol. The predicted octanol–water partition coefficient (Wildman–Crippen LogP) is 3.91. The average molecular weight is 260 g/mol. The van der Waals surface area contributed by atoms with Gasteiger partial charge >= 0.3 is 0 Å². The van der Waals surface area contributed by atoms with Crippen molar-refractivity contribution in [3.63, 3.8) is 0 Å². The van der Waals surface area contributed by atoms with Crippen molar-refractivity contribution in [1.82, 2.24) is 0 Å². The Bertz CT molecular complexity index is 602. The maximum Gasteiger partial charge on any atom is 0.292 e. The Labute approximate surface area is 110 Å². The van der Waals surface area contributed by atoms with E-state index >= 15 is 0 Å². The van der Waals surface area contributed by atoms with Crippen LogP contribution in [0.3, 0.4) is 0 Å². The van der Waals surface area contributed by atoms with E-state index in [1.54, 1.807) is 43.3 Å². The first-order valence-electron chi connectivity index (χ1n) is 5.84. The predicted molar refractivity (Wildman–Crippen MR) is 71.5 cm³/mol. The molecule has 0 aromatic heterocycles. The van der Waals surface area contributed by atoms with Crippen LogP contribution in [-0.2, 0) is 0 Å². The maximum absolute atomic E-state index is 13.6. The molecule has 4 nitrogen and oxygen atoms in total. The molecule has 0 aliphatic carbocycles.